The Bertz CT molecular complexity index is 549. The van der Waals surface area contributed by atoms with E-state index in [1.807, 2.05) is 4.90 Å². The zero-order valence-electron chi connectivity index (χ0n) is 12.4. The molecule has 1 N–H and O–H groups in total. The molecule has 1 aliphatic carbocycles. The van der Waals surface area contributed by atoms with Gasteiger partial charge in [-0.3, -0.25) is 4.79 Å². The summed E-state index contributed by atoms with van der Waals surface area (Å²) in [5.74, 6) is 0.116. The fourth-order valence-electron chi connectivity index (χ4n) is 2.78. The quantitative estimate of drug-likeness (QED) is 0.911. The number of nitrogens with zero attached hydrogens (tertiary/aromatic N) is 2. The second-order valence-corrected chi connectivity index (χ2v) is 5.88. The third-order valence-electron chi connectivity index (χ3n) is 4.43. The van der Waals surface area contributed by atoms with Gasteiger partial charge in [0.15, 0.2) is 0 Å². The maximum absolute atomic E-state index is 12.8. The van der Waals surface area contributed by atoms with Gasteiger partial charge in [0.25, 0.3) is 0 Å². The number of nitrogens with one attached hydrogen (secondary N) is 1. The van der Waals surface area contributed by atoms with E-state index in [1.54, 1.807) is 4.90 Å². The van der Waals surface area contributed by atoms with Crippen molar-refractivity contribution in [1.29, 1.82) is 0 Å². The Labute approximate surface area is 129 Å². The number of carbonyl (C=O) groups excluding carboxylic acids is 2. The Morgan fingerprint density at radius 1 is 1.00 bits per heavy atom. The molecular formula is C16H20FN3O2. The molecule has 6 heteroatoms. The molecule has 0 radical (unpaired) electrons. The van der Waals surface area contributed by atoms with E-state index in [2.05, 4.69) is 5.32 Å². The molecule has 2 aliphatic rings. The Morgan fingerprint density at radius 2 is 1.59 bits per heavy atom. The van der Waals surface area contributed by atoms with Crippen molar-refractivity contribution >= 4 is 17.6 Å². The highest BCUT2D eigenvalue weighted by molar-refractivity contribution is 5.89. The number of amides is 3. The Kier molecular flexibility index (Phi) is 4.27. The number of anilines is 1. The van der Waals surface area contributed by atoms with E-state index in [-0.39, 0.29) is 23.7 Å². The van der Waals surface area contributed by atoms with Crippen LogP contribution in [0.2, 0.25) is 0 Å². The zero-order valence-corrected chi connectivity index (χ0v) is 12.4. The summed E-state index contributed by atoms with van der Waals surface area (Å²) in [6.07, 6.45) is 3.16. The molecule has 0 atom stereocenters. The summed E-state index contributed by atoms with van der Waals surface area (Å²) in [6.45, 7) is 2.25. The molecule has 1 aromatic carbocycles. The van der Waals surface area contributed by atoms with Crippen LogP contribution in [0, 0.1) is 11.7 Å². The lowest BCUT2D eigenvalue weighted by Crippen LogP contribution is -2.53. The van der Waals surface area contributed by atoms with Gasteiger partial charge >= 0.3 is 6.03 Å². The number of hydrogen-bond donors (Lipinski definition) is 1. The number of carbonyl (C=O) groups is 2. The maximum Gasteiger partial charge on any atom is 0.321 e. The van der Waals surface area contributed by atoms with Gasteiger partial charge in [0.1, 0.15) is 5.82 Å². The van der Waals surface area contributed by atoms with Crippen molar-refractivity contribution in [2.24, 2.45) is 5.92 Å². The second kappa shape index (κ2) is 6.34. The van der Waals surface area contributed by atoms with E-state index in [9.17, 15) is 14.0 Å². The summed E-state index contributed by atoms with van der Waals surface area (Å²) in [7, 11) is 0. The molecule has 0 spiro atoms. The first kappa shape index (κ1) is 14.8. The summed E-state index contributed by atoms with van der Waals surface area (Å²) < 4.78 is 12.8. The molecule has 1 saturated heterocycles. The van der Waals surface area contributed by atoms with Gasteiger partial charge in [0, 0.05) is 37.8 Å². The van der Waals surface area contributed by atoms with E-state index in [4.69, 9.17) is 0 Å². The Balaban J connectivity index is 1.49. The number of rotatable bonds is 2. The third-order valence-corrected chi connectivity index (χ3v) is 4.43. The van der Waals surface area contributed by atoms with Crippen molar-refractivity contribution < 1.29 is 14.0 Å². The van der Waals surface area contributed by atoms with Crippen LogP contribution >= 0.6 is 0 Å². The SMILES string of the molecule is O=C(Nc1ccc(F)cc1)N1CCN(C(=O)C2CCC2)CC1. The normalized spacial score (nSPS) is 18.8. The molecule has 0 aromatic heterocycles. The molecule has 118 valence electrons. The molecule has 1 aromatic rings. The predicted octanol–water partition coefficient (Wildman–Crippen LogP) is 2.30. The van der Waals surface area contributed by atoms with Crippen LogP contribution in [0.25, 0.3) is 0 Å². The minimum atomic E-state index is -0.332. The average molecular weight is 305 g/mol. The zero-order chi connectivity index (χ0) is 15.5. The smallest absolute Gasteiger partial charge is 0.321 e. The fraction of sp³-hybridized carbons (Fsp3) is 0.500. The summed E-state index contributed by atoms with van der Waals surface area (Å²) in [5, 5.41) is 2.74. The topological polar surface area (TPSA) is 52.7 Å². The molecule has 0 unspecified atom stereocenters. The van der Waals surface area contributed by atoms with Gasteiger partial charge in [-0.1, -0.05) is 6.42 Å². The minimum absolute atomic E-state index is 0.206. The average Bonchev–Trinajstić information content (AvgIpc) is 2.48. The predicted molar refractivity (Wildman–Crippen MR) is 80.9 cm³/mol. The van der Waals surface area contributed by atoms with Gasteiger partial charge in [-0.25, -0.2) is 9.18 Å². The molecule has 1 saturated carbocycles. The van der Waals surface area contributed by atoms with Crippen LogP contribution in [0.3, 0.4) is 0 Å². The second-order valence-electron chi connectivity index (χ2n) is 5.88. The molecule has 0 bridgehead atoms. The highest BCUT2D eigenvalue weighted by Gasteiger charge is 2.31. The Hall–Kier alpha value is -2.11. The van der Waals surface area contributed by atoms with Crippen LogP contribution in [-0.2, 0) is 4.79 Å². The molecule has 1 aliphatic heterocycles. The fourth-order valence-corrected chi connectivity index (χ4v) is 2.78. The molecule has 3 rings (SSSR count). The largest absolute Gasteiger partial charge is 0.339 e. The van der Waals surface area contributed by atoms with Crippen LogP contribution < -0.4 is 5.32 Å². The van der Waals surface area contributed by atoms with Crippen LogP contribution in [0.1, 0.15) is 19.3 Å². The summed E-state index contributed by atoms with van der Waals surface area (Å²) >= 11 is 0. The number of hydrogen-bond acceptors (Lipinski definition) is 2. The van der Waals surface area contributed by atoms with E-state index in [0.717, 1.165) is 19.3 Å². The molecule has 1 heterocycles. The molecule has 2 fully saturated rings. The standard InChI is InChI=1S/C16H20FN3O2/c17-13-4-6-14(7-5-13)18-16(22)20-10-8-19(9-11-20)15(21)12-2-1-3-12/h4-7,12H,1-3,8-11H2,(H,18,22). The monoisotopic (exact) mass is 305 g/mol. The van der Waals surface area contributed by atoms with Crippen LogP contribution in [-0.4, -0.2) is 47.9 Å². The summed E-state index contributed by atoms with van der Waals surface area (Å²) in [4.78, 5) is 27.9. The van der Waals surface area contributed by atoms with Gasteiger partial charge in [-0.2, -0.15) is 0 Å². The Morgan fingerprint density at radius 3 is 2.14 bits per heavy atom. The van der Waals surface area contributed by atoms with Crippen molar-refractivity contribution in [2.45, 2.75) is 19.3 Å². The number of urea groups is 1. The summed E-state index contributed by atoms with van der Waals surface area (Å²) in [5.41, 5.74) is 0.569. The maximum atomic E-state index is 12.8. The first-order valence-electron chi connectivity index (χ1n) is 7.74. The highest BCUT2D eigenvalue weighted by Crippen LogP contribution is 2.28. The third kappa shape index (κ3) is 3.21. The lowest BCUT2D eigenvalue weighted by molar-refractivity contribution is -0.139. The minimum Gasteiger partial charge on any atom is -0.339 e. The lowest BCUT2D eigenvalue weighted by atomic mass is 9.84. The molecular weight excluding hydrogens is 285 g/mol. The van der Waals surface area contributed by atoms with Gasteiger partial charge in [-0.05, 0) is 37.1 Å². The number of benzene rings is 1. The van der Waals surface area contributed by atoms with E-state index >= 15 is 0 Å². The van der Waals surface area contributed by atoms with Crippen molar-refractivity contribution in [3.8, 4) is 0 Å². The van der Waals surface area contributed by atoms with Crippen molar-refractivity contribution in [3.63, 3.8) is 0 Å². The number of halogens is 1. The first-order valence-corrected chi connectivity index (χ1v) is 7.74. The van der Waals surface area contributed by atoms with E-state index < -0.39 is 0 Å². The van der Waals surface area contributed by atoms with Gasteiger partial charge in [0.2, 0.25) is 5.91 Å². The van der Waals surface area contributed by atoms with Crippen molar-refractivity contribution in [1.82, 2.24) is 9.80 Å². The van der Waals surface area contributed by atoms with Gasteiger partial charge < -0.3 is 15.1 Å². The molecule has 5 nitrogen and oxygen atoms in total. The van der Waals surface area contributed by atoms with Crippen LogP contribution in [0.15, 0.2) is 24.3 Å². The molecule has 3 amide bonds. The van der Waals surface area contributed by atoms with Crippen LogP contribution in [0.4, 0.5) is 14.9 Å². The van der Waals surface area contributed by atoms with Gasteiger partial charge in [-0.15, -0.1) is 0 Å². The first-order chi connectivity index (χ1) is 10.6. The van der Waals surface area contributed by atoms with E-state index in [0.29, 0.717) is 31.9 Å². The highest BCUT2D eigenvalue weighted by atomic mass is 19.1. The van der Waals surface area contributed by atoms with Crippen molar-refractivity contribution in [3.05, 3.63) is 30.1 Å². The number of piperazine rings is 1. The van der Waals surface area contributed by atoms with Crippen LogP contribution in [0.5, 0.6) is 0 Å². The summed E-state index contributed by atoms with van der Waals surface area (Å²) in [6, 6.07) is 5.48. The van der Waals surface area contributed by atoms with Crippen molar-refractivity contribution in [2.75, 3.05) is 31.5 Å². The molecule has 22 heavy (non-hydrogen) atoms. The van der Waals surface area contributed by atoms with Gasteiger partial charge in [0.05, 0.1) is 0 Å². The van der Waals surface area contributed by atoms with E-state index in [1.165, 1.54) is 24.3 Å². The lowest BCUT2D eigenvalue weighted by Gasteiger charge is -2.38.